The van der Waals surface area contributed by atoms with E-state index in [-0.39, 0.29) is 26.6 Å². The Bertz CT molecular complexity index is 347. The highest BCUT2D eigenvalue weighted by Crippen LogP contribution is 2.36. The van der Waals surface area contributed by atoms with E-state index in [0.717, 1.165) is 6.29 Å². The summed E-state index contributed by atoms with van der Waals surface area (Å²) in [5.41, 5.74) is 1.38. The van der Waals surface area contributed by atoms with Gasteiger partial charge in [-0.05, 0) is 15.5 Å². The van der Waals surface area contributed by atoms with Crippen LogP contribution in [0.25, 0.3) is 0 Å². The Morgan fingerprint density at radius 1 is 1.46 bits per heavy atom. The number of hydrogen-bond donors (Lipinski definition) is 0. The lowest BCUT2D eigenvalue weighted by Crippen LogP contribution is -2.16. The summed E-state index contributed by atoms with van der Waals surface area (Å²) in [5, 5.41) is 0. The van der Waals surface area contributed by atoms with E-state index in [9.17, 15) is 4.79 Å². The fourth-order valence-corrected chi connectivity index (χ4v) is 3.87. The number of carbonyl (C=O) groups excluding carboxylic acids is 1. The summed E-state index contributed by atoms with van der Waals surface area (Å²) in [5.74, 6) is 0.465. The molecule has 1 heterocycles. The topological polar surface area (TPSA) is 17.1 Å². The van der Waals surface area contributed by atoms with E-state index in [4.69, 9.17) is 0 Å². The smallest absolute Gasteiger partial charge is 0.127 e. The van der Waals surface area contributed by atoms with Crippen LogP contribution < -0.4 is 0 Å². The number of aldehydes is 1. The summed E-state index contributed by atoms with van der Waals surface area (Å²) in [6.45, 7) is 2.14. The first-order valence-corrected chi connectivity index (χ1v) is 6.66. The zero-order valence-corrected chi connectivity index (χ0v) is 9.56. The first-order chi connectivity index (χ1) is 6.33. The minimum atomic E-state index is 0.0666. The predicted molar refractivity (Wildman–Crippen MR) is 64.1 cm³/mol. The average molecular weight is 286 g/mol. The number of halogens is 1. The van der Waals surface area contributed by atoms with E-state index < -0.39 is 0 Å². The van der Waals surface area contributed by atoms with Gasteiger partial charge in [-0.1, -0.05) is 52.0 Å². The number of carbonyl (C=O) groups is 1. The Hall–Kier alpha value is -0.510. The maximum Gasteiger partial charge on any atom is 0.127 e. The van der Waals surface area contributed by atoms with Crippen LogP contribution in [0.1, 0.15) is 6.92 Å². The summed E-state index contributed by atoms with van der Waals surface area (Å²) >= 11 is 0.0666. The van der Waals surface area contributed by atoms with Gasteiger partial charge in [-0.25, -0.2) is 0 Å². The largest absolute Gasteiger partial charge is 0.303 e. The van der Waals surface area contributed by atoms with E-state index in [1.807, 2.05) is 6.08 Å². The standard InChI is InChI=1S/C11H11IO/c1-8-9(7-13)4-5-11-10(8)3-2-6-12-11/h2-9H,1H3. The van der Waals surface area contributed by atoms with E-state index in [1.54, 1.807) is 0 Å². The van der Waals surface area contributed by atoms with Crippen LogP contribution in [-0.4, -0.2) is 10.3 Å². The van der Waals surface area contributed by atoms with E-state index in [2.05, 4.69) is 29.2 Å². The molecule has 0 amide bonds. The molecule has 1 nitrogen and oxygen atoms in total. The van der Waals surface area contributed by atoms with Crippen molar-refractivity contribution in [1.29, 1.82) is 0 Å². The lowest BCUT2D eigenvalue weighted by molar-refractivity contribution is -0.110. The molecule has 0 saturated heterocycles. The zero-order valence-electron chi connectivity index (χ0n) is 7.41. The minimum Gasteiger partial charge on any atom is -0.303 e. The minimum absolute atomic E-state index is 0.0666. The molecule has 13 heavy (non-hydrogen) atoms. The fourth-order valence-electron chi connectivity index (χ4n) is 1.62. The molecule has 0 N–H and O–H groups in total. The Balaban J connectivity index is 2.40. The molecule has 0 spiro atoms. The summed E-state index contributed by atoms with van der Waals surface area (Å²) in [7, 11) is 0. The predicted octanol–water partition coefficient (Wildman–Crippen LogP) is 2.60. The molecule has 0 aromatic carbocycles. The van der Waals surface area contributed by atoms with Crippen molar-refractivity contribution >= 4 is 31.0 Å². The summed E-state index contributed by atoms with van der Waals surface area (Å²) in [4.78, 5) is 10.7. The molecule has 68 valence electrons. The van der Waals surface area contributed by atoms with Gasteiger partial charge in [0.25, 0.3) is 0 Å². The Morgan fingerprint density at radius 3 is 3.08 bits per heavy atom. The zero-order chi connectivity index (χ0) is 9.26. The van der Waals surface area contributed by atoms with Crippen molar-refractivity contribution < 1.29 is 4.79 Å². The van der Waals surface area contributed by atoms with Crippen molar-refractivity contribution in [2.75, 3.05) is 0 Å². The van der Waals surface area contributed by atoms with Crippen LogP contribution in [0.15, 0.2) is 33.5 Å². The number of rotatable bonds is 1. The molecule has 2 rings (SSSR count). The van der Waals surface area contributed by atoms with Crippen LogP contribution in [0.2, 0.25) is 0 Å². The van der Waals surface area contributed by atoms with Crippen LogP contribution in [0, 0.1) is 11.8 Å². The highest BCUT2D eigenvalue weighted by molar-refractivity contribution is 14.2. The van der Waals surface area contributed by atoms with Crippen LogP contribution in [0.3, 0.4) is 0 Å². The third kappa shape index (κ3) is 1.59. The maximum absolute atomic E-state index is 10.7. The molecular formula is C11H11IO. The second-order valence-corrected chi connectivity index (χ2v) is 5.76. The average Bonchev–Trinajstić information content (AvgIpc) is 2.19. The first kappa shape index (κ1) is 9.06. The van der Waals surface area contributed by atoms with Gasteiger partial charge in [-0.2, -0.15) is 0 Å². The van der Waals surface area contributed by atoms with Crippen LogP contribution >= 0.6 is 20.7 Å². The van der Waals surface area contributed by atoms with Gasteiger partial charge in [0.1, 0.15) is 6.29 Å². The molecule has 1 aliphatic heterocycles. The fraction of sp³-hybridized carbons (Fsp3) is 0.273. The first-order valence-electron chi connectivity index (χ1n) is 4.34. The summed E-state index contributed by atoms with van der Waals surface area (Å²) in [6.07, 6.45) is 9.52. The number of allylic oxidation sites excluding steroid dienone is 6. The summed E-state index contributed by atoms with van der Waals surface area (Å²) in [6, 6.07) is 0. The third-order valence-electron chi connectivity index (χ3n) is 2.49. The van der Waals surface area contributed by atoms with Gasteiger partial charge >= 0.3 is 0 Å². The normalized spacial score (nSPS) is 31.2. The van der Waals surface area contributed by atoms with Crippen LogP contribution in [0.4, 0.5) is 0 Å². The highest BCUT2D eigenvalue weighted by atomic mass is 127. The van der Waals surface area contributed by atoms with Crippen molar-refractivity contribution in [3.63, 3.8) is 0 Å². The Kier molecular flexibility index (Phi) is 2.58. The van der Waals surface area contributed by atoms with Gasteiger partial charge in [0.2, 0.25) is 0 Å². The van der Waals surface area contributed by atoms with Gasteiger partial charge < -0.3 is 4.79 Å². The molecule has 2 heteroatoms. The van der Waals surface area contributed by atoms with Crippen LogP contribution in [-0.2, 0) is 4.79 Å². The summed E-state index contributed by atoms with van der Waals surface area (Å²) < 4.78 is 3.74. The van der Waals surface area contributed by atoms with Gasteiger partial charge in [-0.3, -0.25) is 0 Å². The van der Waals surface area contributed by atoms with Gasteiger partial charge in [0.15, 0.2) is 0 Å². The van der Waals surface area contributed by atoms with Crippen molar-refractivity contribution in [2.24, 2.45) is 11.8 Å². The number of hydrogen-bond acceptors (Lipinski definition) is 1. The second-order valence-electron chi connectivity index (χ2n) is 3.26. The van der Waals surface area contributed by atoms with Crippen LogP contribution in [0.5, 0.6) is 0 Å². The van der Waals surface area contributed by atoms with E-state index >= 15 is 0 Å². The van der Waals surface area contributed by atoms with Crippen molar-refractivity contribution in [2.45, 2.75) is 6.92 Å². The molecule has 0 radical (unpaired) electrons. The molecule has 2 unspecified atom stereocenters. The molecule has 0 fully saturated rings. The third-order valence-corrected chi connectivity index (χ3v) is 4.92. The van der Waals surface area contributed by atoms with Gasteiger partial charge in [0, 0.05) is 9.50 Å². The lowest BCUT2D eigenvalue weighted by atomic mass is 9.84. The van der Waals surface area contributed by atoms with Gasteiger partial charge in [-0.15, -0.1) is 0 Å². The van der Waals surface area contributed by atoms with Crippen molar-refractivity contribution in [3.8, 4) is 0 Å². The van der Waals surface area contributed by atoms with E-state index in [0.29, 0.717) is 5.92 Å². The molecular weight excluding hydrogens is 275 g/mol. The molecule has 0 saturated carbocycles. The van der Waals surface area contributed by atoms with Gasteiger partial charge in [0.05, 0.1) is 0 Å². The molecule has 2 atom stereocenters. The Morgan fingerprint density at radius 2 is 2.31 bits per heavy atom. The quantitative estimate of drug-likeness (QED) is 0.535. The molecule has 1 aliphatic carbocycles. The molecule has 2 aliphatic rings. The second kappa shape index (κ2) is 3.70. The SMILES string of the molecule is CC1C2=C(C=CC1C=O)I=CC=C2. The van der Waals surface area contributed by atoms with Crippen molar-refractivity contribution in [1.82, 2.24) is 0 Å². The lowest BCUT2D eigenvalue weighted by Gasteiger charge is -2.23. The maximum atomic E-state index is 10.7. The molecule has 0 aromatic rings. The monoisotopic (exact) mass is 286 g/mol. The highest BCUT2D eigenvalue weighted by Gasteiger charge is 2.22. The molecule has 0 aromatic heterocycles. The molecule has 0 bridgehead atoms. The van der Waals surface area contributed by atoms with Crippen molar-refractivity contribution in [3.05, 3.63) is 33.5 Å². The van der Waals surface area contributed by atoms with E-state index in [1.165, 1.54) is 9.15 Å². The Labute approximate surface area is 88.0 Å².